The fourth-order valence-electron chi connectivity index (χ4n) is 3.16. The molecule has 1 heterocycles. The van der Waals surface area contributed by atoms with E-state index in [4.69, 9.17) is 14.2 Å². The van der Waals surface area contributed by atoms with Crippen molar-refractivity contribution in [3.8, 4) is 11.5 Å². The molecule has 2 amide bonds. The number of ether oxygens (including phenoxy) is 3. The molecule has 0 unspecified atom stereocenters. The maximum atomic E-state index is 12.8. The Balaban J connectivity index is 1.27. The number of rotatable bonds is 9. The van der Waals surface area contributed by atoms with Gasteiger partial charge >= 0.3 is 5.97 Å². The minimum atomic E-state index is -0.537. The van der Waals surface area contributed by atoms with Crippen molar-refractivity contribution in [3.63, 3.8) is 0 Å². The summed E-state index contributed by atoms with van der Waals surface area (Å²) >= 11 is 1.41. The third-order valence-electron chi connectivity index (χ3n) is 4.77. The SMILES string of the molecule is O=C(COC(=O)CSCc1ccccc1)Nc1ccccc1C(=O)Nc1ccc2c(c1)OCO2. The zero-order valence-corrected chi connectivity index (χ0v) is 18.9. The highest BCUT2D eigenvalue weighted by Gasteiger charge is 2.17. The summed E-state index contributed by atoms with van der Waals surface area (Å²) < 4.78 is 15.6. The number of benzene rings is 3. The number of carbonyl (C=O) groups is 3. The summed E-state index contributed by atoms with van der Waals surface area (Å²) in [4.78, 5) is 37.1. The molecule has 0 fully saturated rings. The van der Waals surface area contributed by atoms with Crippen LogP contribution in [0.1, 0.15) is 15.9 Å². The van der Waals surface area contributed by atoms with E-state index in [-0.39, 0.29) is 18.1 Å². The molecule has 3 aromatic carbocycles. The van der Waals surface area contributed by atoms with E-state index >= 15 is 0 Å². The first-order valence-electron chi connectivity index (χ1n) is 10.5. The van der Waals surface area contributed by atoms with Gasteiger partial charge in [0.25, 0.3) is 11.8 Å². The van der Waals surface area contributed by atoms with Crippen LogP contribution in [0.15, 0.2) is 72.8 Å². The number of esters is 1. The molecule has 9 heteroatoms. The summed E-state index contributed by atoms with van der Waals surface area (Å²) in [5, 5.41) is 5.40. The van der Waals surface area contributed by atoms with Gasteiger partial charge in [0, 0.05) is 17.5 Å². The van der Waals surface area contributed by atoms with Crippen LogP contribution in [0.4, 0.5) is 11.4 Å². The van der Waals surface area contributed by atoms with E-state index in [0.29, 0.717) is 28.6 Å². The van der Waals surface area contributed by atoms with Crippen molar-refractivity contribution in [2.24, 2.45) is 0 Å². The average molecular weight is 479 g/mol. The van der Waals surface area contributed by atoms with Crippen molar-refractivity contribution in [2.75, 3.05) is 29.8 Å². The van der Waals surface area contributed by atoms with Gasteiger partial charge in [-0.2, -0.15) is 0 Å². The number of amides is 2. The van der Waals surface area contributed by atoms with Gasteiger partial charge in [-0.3, -0.25) is 14.4 Å². The Bertz CT molecular complexity index is 1190. The zero-order chi connectivity index (χ0) is 23.8. The molecule has 0 aromatic heterocycles. The Morgan fingerprint density at radius 3 is 2.50 bits per heavy atom. The lowest BCUT2D eigenvalue weighted by Gasteiger charge is -2.12. The smallest absolute Gasteiger partial charge is 0.316 e. The number of fused-ring (bicyclic) bond motifs is 1. The molecule has 0 spiro atoms. The van der Waals surface area contributed by atoms with Gasteiger partial charge in [0.15, 0.2) is 18.1 Å². The van der Waals surface area contributed by atoms with Crippen LogP contribution in [0.2, 0.25) is 0 Å². The van der Waals surface area contributed by atoms with Crippen LogP contribution in [0.5, 0.6) is 11.5 Å². The van der Waals surface area contributed by atoms with Crippen LogP contribution in [-0.2, 0) is 20.1 Å². The third-order valence-corrected chi connectivity index (χ3v) is 5.75. The maximum absolute atomic E-state index is 12.8. The van der Waals surface area contributed by atoms with Gasteiger partial charge in [-0.15, -0.1) is 11.8 Å². The predicted octanol–water partition coefficient (Wildman–Crippen LogP) is 4.08. The van der Waals surface area contributed by atoms with E-state index in [1.165, 1.54) is 11.8 Å². The lowest BCUT2D eigenvalue weighted by molar-refractivity contribution is -0.144. The Kier molecular flexibility index (Phi) is 7.67. The summed E-state index contributed by atoms with van der Waals surface area (Å²) in [6, 6.07) is 21.4. The van der Waals surface area contributed by atoms with Gasteiger partial charge in [-0.05, 0) is 29.8 Å². The fourth-order valence-corrected chi connectivity index (χ4v) is 3.94. The monoisotopic (exact) mass is 478 g/mol. The molecule has 0 bridgehead atoms. The number of anilines is 2. The molecule has 0 aliphatic carbocycles. The number of nitrogens with one attached hydrogen (secondary N) is 2. The highest BCUT2D eigenvalue weighted by atomic mass is 32.2. The minimum Gasteiger partial charge on any atom is -0.455 e. The summed E-state index contributed by atoms with van der Waals surface area (Å²) in [5.74, 6) is 0.533. The number of carbonyl (C=O) groups excluding carboxylic acids is 3. The Morgan fingerprint density at radius 1 is 0.882 bits per heavy atom. The van der Waals surface area contributed by atoms with Gasteiger partial charge in [0.2, 0.25) is 6.79 Å². The highest BCUT2D eigenvalue weighted by molar-refractivity contribution is 7.99. The van der Waals surface area contributed by atoms with Crippen LogP contribution in [0, 0.1) is 0 Å². The molecule has 3 aromatic rings. The summed E-state index contributed by atoms with van der Waals surface area (Å²) in [7, 11) is 0. The second-order valence-corrected chi connectivity index (χ2v) is 8.24. The van der Waals surface area contributed by atoms with Crippen molar-refractivity contribution < 1.29 is 28.6 Å². The topological polar surface area (TPSA) is 103 Å². The lowest BCUT2D eigenvalue weighted by atomic mass is 10.1. The first-order chi connectivity index (χ1) is 16.6. The van der Waals surface area contributed by atoms with Crippen molar-refractivity contribution in [1.82, 2.24) is 0 Å². The average Bonchev–Trinajstić information content (AvgIpc) is 3.32. The van der Waals surface area contributed by atoms with E-state index in [9.17, 15) is 14.4 Å². The predicted molar refractivity (Wildman–Crippen MR) is 129 cm³/mol. The van der Waals surface area contributed by atoms with Gasteiger partial charge < -0.3 is 24.8 Å². The largest absolute Gasteiger partial charge is 0.455 e. The molecule has 0 atom stereocenters. The fraction of sp³-hybridized carbons (Fsp3) is 0.160. The molecular weight excluding hydrogens is 456 g/mol. The van der Waals surface area contributed by atoms with Crippen molar-refractivity contribution >= 4 is 40.9 Å². The number of hydrogen-bond acceptors (Lipinski definition) is 7. The number of thioether (sulfide) groups is 1. The van der Waals surface area contributed by atoms with Gasteiger partial charge in [0.1, 0.15) is 0 Å². The molecule has 0 radical (unpaired) electrons. The molecule has 34 heavy (non-hydrogen) atoms. The van der Waals surface area contributed by atoms with E-state index in [1.807, 2.05) is 30.3 Å². The normalized spacial score (nSPS) is 11.5. The Labute approximate surface area is 200 Å². The molecular formula is C25H22N2O6S. The van der Waals surface area contributed by atoms with Gasteiger partial charge in [-0.1, -0.05) is 42.5 Å². The Morgan fingerprint density at radius 2 is 1.65 bits per heavy atom. The van der Waals surface area contributed by atoms with Crippen LogP contribution < -0.4 is 20.1 Å². The first-order valence-corrected chi connectivity index (χ1v) is 11.6. The lowest BCUT2D eigenvalue weighted by Crippen LogP contribution is -2.23. The van der Waals surface area contributed by atoms with E-state index in [0.717, 1.165) is 5.56 Å². The van der Waals surface area contributed by atoms with E-state index < -0.39 is 24.4 Å². The molecule has 174 valence electrons. The molecule has 8 nitrogen and oxygen atoms in total. The van der Waals surface area contributed by atoms with E-state index in [2.05, 4.69) is 10.6 Å². The summed E-state index contributed by atoms with van der Waals surface area (Å²) in [6.07, 6.45) is 0. The van der Waals surface area contributed by atoms with Crippen LogP contribution in [0.3, 0.4) is 0 Å². The van der Waals surface area contributed by atoms with E-state index in [1.54, 1.807) is 42.5 Å². The second kappa shape index (κ2) is 11.2. The molecule has 4 rings (SSSR count). The van der Waals surface area contributed by atoms with Gasteiger partial charge in [-0.25, -0.2) is 0 Å². The second-order valence-electron chi connectivity index (χ2n) is 7.26. The number of para-hydroxylation sites is 1. The molecule has 0 saturated carbocycles. The molecule has 2 N–H and O–H groups in total. The summed E-state index contributed by atoms with van der Waals surface area (Å²) in [5.41, 5.74) is 2.20. The standard InChI is InChI=1S/C25H22N2O6S/c28-23(13-31-24(29)15-34-14-17-6-2-1-3-7-17)27-20-9-5-4-8-19(20)25(30)26-18-10-11-21-22(12-18)33-16-32-21/h1-12H,13-16H2,(H,26,30)(H,27,28). The van der Waals surface area contributed by atoms with Crippen molar-refractivity contribution in [2.45, 2.75) is 5.75 Å². The maximum Gasteiger partial charge on any atom is 0.316 e. The van der Waals surface area contributed by atoms with Crippen LogP contribution >= 0.6 is 11.8 Å². The summed E-state index contributed by atoms with van der Waals surface area (Å²) in [6.45, 7) is -0.305. The zero-order valence-electron chi connectivity index (χ0n) is 18.1. The molecule has 1 aliphatic heterocycles. The molecule has 1 aliphatic rings. The quantitative estimate of drug-likeness (QED) is 0.447. The first kappa shape index (κ1) is 23.2. The highest BCUT2D eigenvalue weighted by Crippen LogP contribution is 2.34. The molecule has 0 saturated heterocycles. The van der Waals surface area contributed by atoms with Crippen molar-refractivity contribution in [1.29, 1.82) is 0 Å². The number of hydrogen-bond donors (Lipinski definition) is 2. The minimum absolute atomic E-state index is 0.136. The third kappa shape index (κ3) is 6.29. The van der Waals surface area contributed by atoms with Gasteiger partial charge in [0.05, 0.1) is 17.0 Å². The van der Waals surface area contributed by atoms with Crippen LogP contribution in [-0.4, -0.2) is 36.9 Å². The Hall–Kier alpha value is -3.98. The van der Waals surface area contributed by atoms with Crippen molar-refractivity contribution in [3.05, 3.63) is 83.9 Å². The van der Waals surface area contributed by atoms with Crippen LogP contribution in [0.25, 0.3) is 0 Å².